The van der Waals surface area contributed by atoms with E-state index in [9.17, 15) is 4.79 Å². The van der Waals surface area contributed by atoms with E-state index in [4.69, 9.17) is 12.2 Å². The molecule has 0 spiro atoms. The van der Waals surface area contributed by atoms with Crippen LogP contribution in [0.15, 0.2) is 24.3 Å². The number of nitrogens with one attached hydrogen (secondary N) is 1. The highest BCUT2D eigenvalue weighted by Crippen LogP contribution is 2.10. The Kier molecular flexibility index (Phi) is 5.08. The summed E-state index contributed by atoms with van der Waals surface area (Å²) < 4.78 is 0. The van der Waals surface area contributed by atoms with Gasteiger partial charge in [-0.3, -0.25) is 9.69 Å². The summed E-state index contributed by atoms with van der Waals surface area (Å²) >= 11 is 4.80. The maximum atomic E-state index is 10.8. The number of amides is 1. The van der Waals surface area contributed by atoms with Crippen LogP contribution >= 0.6 is 12.2 Å². The molecular formula is C12H16N2OS. The number of anilines is 1. The summed E-state index contributed by atoms with van der Waals surface area (Å²) in [5.41, 5.74) is 2.03. The van der Waals surface area contributed by atoms with Crippen molar-refractivity contribution in [3.05, 3.63) is 29.8 Å². The van der Waals surface area contributed by atoms with Gasteiger partial charge in [0.15, 0.2) is 0 Å². The Morgan fingerprint density at radius 3 is 2.56 bits per heavy atom. The van der Waals surface area contributed by atoms with Gasteiger partial charge in [0.2, 0.25) is 5.91 Å². The lowest BCUT2D eigenvalue weighted by Crippen LogP contribution is -2.19. The molecule has 4 heteroatoms. The molecule has 0 radical (unpaired) electrons. The van der Waals surface area contributed by atoms with E-state index in [1.54, 1.807) is 5.37 Å². The molecule has 3 nitrogen and oxygen atoms in total. The van der Waals surface area contributed by atoms with Crippen molar-refractivity contribution in [3.63, 3.8) is 0 Å². The molecule has 1 aromatic rings. The largest absolute Gasteiger partial charge is 0.326 e. The SMILES string of the molecule is CC(=O)Nc1ccc(CN(C)CC=S)cc1. The summed E-state index contributed by atoms with van der Waals surface area (Å²) in [7, 11) is 2.02. The van der Waals surface area contributed by atoms with Crippen molar-refractivity contribution >= 4 is 29.2 Å². The number of rotatable bonds is 5. The van der Waals surface area contributed by atoms with Crippen molar-refractivity contribution in [2.45, 2.75) is 13.5 Å². The minimum absolute atomic E-state index is 0.0504. The molecule has 16 heavy (non-hydrogen) atoms. The number of nitrogens with zero attached hydrogens (tertiary/aromatic N) is 1. The zero-order chi connectivity index (χ0) is 12.0. The molecule has 0 saturated heterocycles. The quantitative estimate of drug-likeness (QED) is 0.794. The third-order valence-corrected chi connectivity index (χ3v) is 2.26. The molecule has 86 valence electrons. The molecule has 1 N–H and O–H groups in total. The molecule has 0 atom stereocenters. The maximum Gasteiger partial charge on any atom is 0.221 e. The molecule has 1 aromatic carbocycles. The zero-order valence-corrected chi connectivity index (χ0v) is 10.4. The number of carbonyl (C=O) groups excluding carboxylic acids is 1. The van der Waals surface area contributed by atoms with E-state index in [-0.39, 0.29) is 5.91 Å². The highest BCUT2D eigenvalue weighted by Gasteiger charge is 1.99. The second kappa shape index (κ2) is 6.35. The van der Waals surface area contributed by atoms with E-state index in [1.807, 2.05) is 31.3 Å². The molecule has 0 aliphatic rings. The lowest BCUT2D eigenvalue weighted by molar-refractivity contribution is -0.114. The molecule has 0 fully saturated rings. The monoisotopic (exact) mass is 236 g/mol. The van der Waals surface area contributed by atoms with Gasteiger partial charge in [-0.15, -0.1) is 0 Å². The van der Waals surface area contributed by atoms with Gasteiger partial charge in [-0.25, -0.2) is 0 Å². The summed E-state index contributed by atoms with van der Waals surface area (Å²) in [5, 5.41) is 4.45. The van der Waals surface area contributed by atoms with Crippen molar-refractivity contribution in [3.8, 4) is 0 Å². The molecule has 0 heterocycles. The fourth-order valence-corrected chi connectivity index (χ4v) is 1.65. The van der Waals surface area contributed by atoms with Crippen LogP contribution in [0.5, 0.6) is 0 Å². The molecule has 0 unspecified atom stereocenters. The molecule has 0 bridgehead atoms. The summed E-state index contributed by atoms with van der Waals surface area (Å²) in [6, 6.07) is 7.82. The van der Waals surface area contributed by atoms with Gasteiger partial charge in [0.05, 0.1) is 0 Å². The number of hydrogen-bond donors (Lipinski definition) is 1. The minimum Gasteiger partial charge on any atom is -0.326 e. The smallest absolute Gasteiger partial charge is 0.221 e. The van der Waals surface area contributed by atoms with Gasteiger partial charge in [-0.1, -0.05) is 24.4 Å². The molecule has 1 amide bonds. The number of thiocarbonyl (C=S) groups is 1. The van der Waals surface area contributed by atoms with E-state index in [2.05, 4.69) is 10.2 Å². The van der Waals surface area contributed by atoms with E-state index in [0.717, 1.165) is 18.8 Å². The number of benzene rings is 1. The first-order valence-electron chi connectivity index (χ1n) is 5.10. The number of hydrogen-bond acceptors (Lipinski definition) is 3. The third-order valence-electron chi connectivity index (χ3n) is 2.11. The Hall–Kier alpha value is -1.26. The van der Waals surface area contributed by atoms with Gasteiger partial charge in [-0.2, -0.15) is 0 Å². The highest BCUT2D eigenvalue weighted by atomic mass is 32.1. The van der Waals surface area contributed by atoms with Crippen molar-refractivity contribution in [1.82, 2.24) is 4.90 Å². The van der Waals surface area contributed by atoms with E-state index < -0.39 is 0 Å². The normalized spacial score (nSPS) is 10.2. The third kappa shape index (κ3) is 4.51. The van der Waals surface area contributed by atoms with E-state index in [1.165, 1.54) is 12.5 Å². The van der Waals surface area contributed by atoms with Crippen molar-refractivity contribution in [2.75, 3.05) is 18.9 Å². The molecule has 1 rings (SSSR count). The topological polar surface area (TPSA) is 32.3 Å². The Bertz CT molecular complexity index is 362. The standard InChI is InChI=1S/C12H16N2OS/c1-10(15)13-12-5-3-11(4-6-12)9-14(2)7-8-16/h3-6,8H,7,9H2,1-2H3,(H,13,15). The maximum absolute atomic E-state index is 10.8. The summed E-state index contributed by atoms with van der Waals surface area (Å²) in [6.07, 6.45) is 0. The second-order valence-electron chi connectivity index (χ2n) is 3.74. The van der Waals surface area contributed by atoms with Crippen LogP contribution in [0.2, 0.25) is 0 Å². The molecular weight excluding hydrogens is 220 g/mol. The predicted octanol–water partition coefficient (Wildman–Crippen LogP) is 2.08. The number of carbonyl (C=O) groups is 1. The fraction of sp³-hybridized carbons (Fsp3) is 0.333. The Morgan fingerprint density at radius 2 is 2.06 bits per heavy atom. The Balaban J connectivity index is 2.57. The van der Waals surface area contributed by atoms with Crippen LogP contribution in [0.25, 0.3) is 0 Å². The van der Waals surface area contributed by atoms with Gasteiger partial charge in [0.1, 0.15) is 0 Å². The Labute approximate surface area is 101 Å². The van der Waals surface area contributed by atoms with E-state index in [0.29, 0.717) is 0 Å². The average Bonchev–Trinajstić information content (AvgIpc) is 2.20. The van der Waals surface area contributed by atoms with Crippen LogP contribution in [0.3, 0.4) is 0 Å². The van der Waals surface area contributed by atoms with Gasteiger partial charge in [0.25, 0.3) is 0 Å². The average molecular weight is 236 g/mol. The van der Waals surface area contributed by atoms with Gasteiger partial charge < -0.3 is 5.32 Å². The lowest BCUT2D eigenvalue weighted by Gasteiger charge is -2.13. The van der Waals surface area contributed by atoms with Crippen LogP contribution < -0.4 is 5.32 Å². The first-order chi connectivity index (χ1) is 7.61. The first kappa shape index (κ1) is 12.8. The van der Waals surface area contributed by atoms with Crippen LogP contribution in [0, 0.1) is 0 Å². The van der Waals surface area contributed by atoms with Gasteiger partial charge >= 0.3 is 0 Å². The summed E-state index contributed by atoms with van der Waals surface area (Å²) in [5.74, 6) is -0.0504. The van der Waals surface area contributed by atoms with Crippen LogP contribution in [-0.4, -0.2) is 29.8 Å². The lowest BCUT2D eigenvalue weighted by atomic mass is 10.2. The summed E-state index contributed by atoms with van der Waals surface area (Å²) in [6.45, 7) is 3.15. The van der Waals surface area contributed by atoms with Crippen LogP contribution in [0.1, 0.15) is 12.5 Å². The van der Waals surface area contributed by atoms with Gasteiger partial charge in [-0.05, 0) is 30.1 Å². The summed E-state index contributed by atoms with van der Waals surface area (Å²) in [4.78, 5) is 13.0. The molecule has 0 aliphatic carbocycles. The van der Waals surface area contributed by atoms with Gasteiger partial charge in [0, 0.05) is 25.7 Å². The zero-order valence-electron chi connectivity index (χ0n) is 9.56. The fourth-order valence-electron chi connectivity index (χ4n) is 1.40. The highest BCUT2D eigenvalue weighted by molar-refractivity contribution is 7.79. The van der Waals surface area contributed by atoms with Crippen LogP contribution in [0.4, 0.5) is 5.69 Å². The van der Waals surface area contributed by atoms with Crippen molar-refractivity contribution < 1.29 is 4.79 Å². The molecule has 0 aliphatic heterocycles. The molecule has 0 aromatic heterocycles. The molecule has 0 saturated carbocycles. The second-order valence-corrected chi connectivity index (χ2v) is 4.07. The van der Waals surface area contributed by atoms with Crippen LogP contribution in [-0.2, 0) is 11.3 Å². The van der Waals surface area contributed by atoms with Crippen molar-refractivity contribution in [2.24, 2.45) is 0 Å². The Morgan fingerprint density at radius 1 is 1.44 bits per heavy atom. The van der Waals surface area contributed by atoms with E-state index >= 15 is 0 Å². The minimum atomic E-state index is -0.0504. The van der Waals surface area contributed by atoms with Crippen molar-refractivity contribution in [1.29, 1.82) is 0 Å². The first-order valence-corrected chi connectivity index (χ1v) is 5.57. The predicted molar refractivity (Wildman–Crippen MR) is 70.7 cm³/mol.